The van der Waals surface area contributed by atoms with Crippen LogP contribution in [0.2, 0.25) is 0 Å². The lowest BCUT2D eigenvalue weighted by Crippen LogP contribution is -2.49. The number of piperidine rings is 1. The number of rotatable bonds is 5. The molecule has 1 heterocycles. The lowest BCUT2D eigenvalue weighted by Gasteiger charge is -2.41. The Morgan fingerprint density at radius 1 is 1.32 bits per heavy atom. The second kappa shape index (κ2) is 6.55. The summed E-state index contributed by atoms with van der Waals surface area (Å²) in [4.78, 5) is 2.60. The predicted octanol–water partition coefficient (Wildman–Crippen LogP) is 2.25. The molecular weight excluding hydrogens is 236 g/mol. The van der Waals surface area contributed by atoms with E-state index in [1.807, 2.05) is 0 Å². The quantitative estimate of drug-likeness (QED) is 0.803. The normalized spacial score (nSPS) is 32.1. The van der Waals surface area contributed by atoms with E-state index < -0.39 is 0 Å². The number of aliphatic hydroxyl groups excluding tert-OH is 1. The molecule has 2 atom stereocenters. The maximum Gasteiger partial charge on any atom is 0.0590 e. The van der Waals surface area contributed by atoms with Gasteiger partial charge in [-0.15, -0.1) is 0 Å². The van der Waals surface area contributed by atoms with Gasteiger partial charge in [0, 0.05) is 32.2 Å². The van der Waals surface area contributed by atoms with E-state index in [2.05, 4.69) is 31.0 Å². The van der Waals surface area contributed by atoms with Gasteiger partial charge in [-0.05, 0) is 30.6 Å². The molecular formula is C16H32N2O. The third-order valence-electron chi connectivity index (χ3n) is 5.05. The average Bonchev–Trinajstić information content (AvgIpc) is 2.81. The Morgan fingerprint density at radius 2 is 2.00 bits per heavy atom. The van der Waals surface area contributed by atoms with Crippen molar-refractivity contribution in [2.24, 2.45) is 11.3 Å². The van der Waals surface area contributed by atoms with E-state index in [4.69, 9.17) is 0 Å². The Hall–Kier alpha value is -0.120. The second-order valence-corrected chi connectivity index (χ2v) is 7.31. The maximum atomic E-state index is 9.86. The molecule has 0 aromatic carbocycles. The van der Waals surface area contributed by atoms with Crippen LogP contribution in [0, 0.1) is 11.3 Å². The molecule has 0 bridgehead atoms. The molecule has 0 radical (unpaired) electrons. The van der Waals surface area contributed by atoms with Crippen LogP contribution in [0.5, 0.6) is 0 Å². The van der Waals surface area contributed by atoms with Crippen molar-refractivity contribution in [2.45, 2.75) is 65.0 Å². The van der Waals surface area contributed by atoms with Crippen LogP contribution < -0.4 is 5.32 Å². The Labute approximate surface area is 118 Å². The van der Waals surface area contributed by atoms with Crippen LogP contribution in [-0.2, 0) is 0 Å². The Kier molecular flexibility index (Phi) is 5.27. The molecule has 3 nitrogen and oxygen atoms in total. The topological polar surface area (TPSA) is 35.5 Å². The van der Waals surface area contributed by atoms with Gasteiger partial charge in [-0.25, -0.2) is 0 Å². The average molecular weight is 268 g/mol. The molecule has 112 valence electrons. The van der Waals surface area contributed by atoms with Gasteiger partial charge in [-0.2, -0.15) is 0 Å². The molecule has 0 spiro atoms. The monoisotopic (exact) mass is 268 g/mol. The molecule has 1 aliphatic carbocycles. The summed E-state index contributed by atoms with van der Waals surface area (Å²) in [6.07, 6.45) is 6.41. The summed E-state index contributed by atoms with van der Waals surface area (Å²) < 4.78 is 0. The third kappa shape index (κ3) is 4.17. The van der Waals surface area contributed by atoms with Crippen LogP contribution in [0.4, 0.5) is 0 Å². The smallest absolute Gasteiger partial charge is 0.0590 e. The van der Waals surface area contributed by atoms with Gasteiger partial charge in [0.1, 0.15) is 0 Å². The molecule has 2 N–H and O–H groups in total. The van der Waals surface area contributed by atoms with Crippen molar-refractivity contribution in [3.63, 3.8) is 0 Å². The second-order valence-electron chi connectivity index (χ2n) is 7.31. The van der Waals surface area contributed by atoms with Gasteiger partial charge in [0.2, 0.25) is 0 Å². The van der Waals surface area contributed by atoms with Crippen LogP contribution >= 0.6 is 0 Å². The predicted molar refractivity (Wildman–Crippen MR) is 80.3 cm³/mol. The van der Waals surface area contributed by atoms with Crippen molar-refractivity contribution in [2.75, 3.05) is 26.2 Å². The molecule has 2 aliphatic rings. The fraction of sp³-hybridized carbons (Fsp3) is 1.00. The van der Waals surface area contributed by atoms with Crippen molar-refractivity contribution in [3.8, 4) is 0 Å². The van der Waals surface area contributed by atoms with E-state index in [0.29, 0.717) is 17.4 Å². The van der Waals surface area contributed by atoms with Crippen LogP contribution in [-0.4, -0.2) is 48.3 Å². The Balaban J connectivity index is 1.89. The molecule has 0 aromatic rings. The van der Waals surface area contributed by atoms with Crippen LogP contribution in [0.3, 0.4) is 0 Å². The number of nitrogens with one attached hydrogen (secondary N) is 1. The first kappa shape index (κ1) is 15.3. The van der Waals surface area contributed by atoms with Crippen molar-refractivity contribution >= 4 is 0 Å². The first-order valence-corrected chi connectivity index (χ1v) is 8.15. The van der Waals surface area contributed by atoms with E-state index >= 15 is 0 Å². The highest BCUT2D eigenvalue weighted by Crippen LogP contribution is 2.39. The highest BCUT2D eigenvalue weighted by atomic mass is 16.3. The minimum absolute atomic E-state index is 0.0791. The summed E-state index contributed by atoms with van der Waals surface area (Å²) in [6, 6.07) is 0.583. The summed E-state index contributed by atoms with van der Waals surface area (Å²) in [7, 11) is 0. The van der Waals surface area contributed by atoms with Gasteiger partial charge in [0.25, 0.3) is 0 Å². The Bertz CT molecular complexity index is 274. The molecule has 0 aromatic heterocycles. The molecule has 1 saturated heterocycles. The first-order chi connectivity index (χ1) is 9.01. The first-order valence-electron chi connectivity index (χ1n) is 8.15. The fourth-order valence-corrected chi connectivity index (χ4v) is 3.77. The van der Waals surface area contributed by atoms with Gasteiger partial charge in [-0.1, -0.05) is 33.6 Å². The van der Waals surface area contributed by atoms with Gasteiger partial charge < -0.3 is 15.3 Å². The van der Waals surface area contributed by atoms with Crippen LogP contribution in [0.25, 0.3) is 0 Å². The summed E-state index contributed by atoms with van der Waals surface area (Å²) in [5.41, 5.74) is 0.492. The third-order valence-corrected chi connectivity index (χ3v) is 5.05. The zero-order valence-electron chi connectivity index (χ0n) is 13.0. The molecule has 3 heteroatoms. The standard InChI is InChI=1S/C16H32N2O/c1-13(2)17-11-16(7-4-5-8-16)12-18-9-6-15(19)14(3)10-18/h13-15,17,19H,4-12H2,1-3H3. The highest BCUT2D eigenvalue weighted by Gasteiger charge is 2.37. The minimum Gasteiger partial charge on any atom is -0.393 e. The van der Waals surface area contributed by atoms with Gasteiger partial charge >= 0.3 is 0 Å². The van der Waals surface area contributed by atoms with E-state index in [-0.39, 0.29) is 6.10 Å². The Morgan fingerprint density at radius 3 is 2.58 bits per heavy atom. The zero-order chi connectivity index (χ0) is 13.9. The lowest BCUT2D eigenvalue weighted by atomic mass is 9.84. The van der Waals surface area contributed by atoms with Gasteiger partial charge in [0.15, 0.2) is 0 Å². The van der Waals surface area contributed by atoms with Crippen molar-refractivity contribution in [1.29, 1.82) is 0 Å². The van der Waals surface area contributed by atoms with E-state index in [9.17, 15) is 5.11 Å². The summed E-state index contributed by atoms with van der Waals surface area (Å²) >= 11 is 0. The highest BCUT2D eigenvalue weighted by molar-refractivity contribution is 4.91. The maximum absolute atomic E-state index is 9.86. The molecule has 1 aliphatic heterocycles. The molecule has 0 amide bonds. The van der Waals surface area contributed by atoms with Crippen molar-refractivity contribution < 1.29 is 5.11 Å². The molecule has 2 rings (SSSR count). The number of hydrogen-bond acceptors (Lipinski definition) is 3. The molecule has 2 unspecified atom stereocenters. The summed E-state index contributed by atoms with van der Waals surface area (Å²) in [5, 5.41) is 13.5. The molecule has 19 heavy (non-hydrogen) atoms. The number of hydrogen-bond donors (Lipinski definition) is 2. The number of nitrogens with zero attached hydrogens (tertiary/aromatic N) is 1. The number of likely N-dealkylation sites (tertiary alicyclic amines) is 1. The van der Waals surface area contributed by atoms with Crippen molar-refractivity contribution in [1.82, 2.24) is 10.2 Å². The van der Waals surface area contributed by atoms with E-state index in [1.54, 1.807) is 0 Å². The van der Waals surface area contributed by atoms with Crippen LogP contribution in [0.1, 0.15) is 52.9 Å². The number of aliphatic hydroxyl groups is 1. The van der Waals surface area contributed by atoms with Gasteiger partial charge in [0.05, 0.1) is 6.10 Å². The van der Waals surface area contributed by atoms with Crippen LogP contribution in [0.15, 0.2) is 0 Å². The summed E-state index contributed by atoms with van der Waals surface area (Å²) in [6.45, 7) is 11.2. The minimum atomic E-state index is -0.0791. The summed E-state index contributed by atoms with van der Waals surface area (Å²) in [5.74, 6) is 0.435. The SMILES string of the molecule is CC(C)NCC1(CN2CCC(O)C(C)C2)CCCC1. The largest absolute Gasteiger partial charge is 0.393 e. The van der Waals surface area contributed by atoms with E-state index in [0.717, 1.165) is 26.1 Å². The molecule has 1 saturated carbocycles. The van der Waals surface area contributed by atoms with Crippen molar-refractivity contribution in [3.05, 3.63) is 0 Å². The fourth-order valence-electron chi connectivity index (χ4n) is 3.77. The molecule has 2 fully saturated rings. The lowest BCUT2D eigenvalue weighted by molar-refractivity contribution is 0.0165. The van der Waals surface area contributed by atoms with Gasteiger partial charge in [-0.3, -0.25) is 0 Å². The van der Waals surface area contributed by atoms with E-state index in [1.165, 1.54) is 32.2 Å². The zero-order valence-corrected chi connectivity index (χ0v) is 13.0.